The quantitative estimate of drug-likeness (QED) is 0.588. The van der Waals surface area contributed by atoms with Gasteiger partial charge in [-0.1, -0.05) is 29.8 Å². The molecule has 0 aliphatic rings. The van der Waals surface area contributed by atoms with E-state index in [4.69, 9.17) is 4.74 Å². The van der Waals surface area contributed by atoms with Gasteiger partial charge in [0.1, 0.15) is 5.75 Å². The van der Waals surface area contributed by atoms with Gasteiger partial charge >= 0.3 is 0 Å². The molecule has 28 heavy (non-hydrogen) atoms. The summed E-state index contributed by atoms with van der Waals surface area (Å²) in [5.41, 5.74) is 3.69. The Kier molecular flexibility index (Phi) is 6.48. The Morgan fingerprint density at radius 2 is 1.89 bits per heavy atom. The summed E-state index contributed by atoms with van der Waals surface area (Å²) >= 11 is 0. The predicted octanol–water partition coefficient (Wildman–Crippen LogP) is 3.66. The van der Waals surface area contributed by atoms with Crippen LogP contribution < -0.4 is 15.6 Å². The molecular weight excluding hydrogens is 352 g/mol. The van der Waals surface area contributed by atoms with Crippen LogP contribution in [0.15, 0.2) is 53.3 Å². The Hall–Kier alpha value is -3.08. The summed E-state index contributed by atoms with van der Waals surface area (Å²) in [5.74, 6) is 0.782. The number of pyridine rings is 1. The van der Waals surface area contributed by atoms with E-state index in [1.54, 1.807) is 0 Å². The first-order chi connectivity index (χ1) is 13.5. The second-order valence-electron chi connectivity index (χ2n) is 7.03. The number of H-pyrrole nitrogens is 1. The molecule has 3 aromatic rings. The molecule has 5 heteroatoms. The Morgan fingerprint density at radius 3 is 2.68 bits per heavy atom. The molecule has 0 aliphatic heterocycles. The molecule has 0 aliphatic carbocycles. The normalized spacial score (nSPS) is 10.8. The van der Waals surface area contributed by atoms with E-state index < -0.39 is 0 Å². The number of benzene rings is 2. The minimum atomic E-state index is -0.0926. The van der Waals surface area contributed by atoms with E-state index in [-0.39, 0.29) is 11.5 Å². The topological polar surface area (TPSA) is 71.2 Å². The second kappa shape index (κ2) is 9.22. The first kappa shape index (κ1) is 19.7. The third-order valence-electron chi connectivity index (χ3n) is 4.65. The molecule has 1 amide bonds. The van der Waals surface area contributed by atoms with E-state index in [0.29, 0.717) is 38.0 Å². The lowest BCUT2D eigenvalue weighted by Crippen LogP contribution is -2.27. The third-order valence-corrected chi connectivity index (χ3v) is 4.65. The number of hydrogen-bond acceptors (Lipinski definition) is 3. The van der Waals surface area contributed by atoms with Crippen molar-refractivity contribution >= 4 is 16.8 Å². The number of carbonyl (C=O) groups excluding carboxylic acids is 1. The van der Waals surface area contributed by atoms with Crippen molar-refractivity contribution in [1.82, 2.24) is 10.3 Å². The fraction of sp³-hybridized carbons (Fsp3) is 0.304. The Labute approximate surface area is 164 Å². The maximum absolute atomic E-state index is 12.3. The Bertz CT molecular complexity index is 1010. The third kappa shape index (κ3) is 5.22. The van der Waals surface area contributed by atoms with Crippen molar-refractivity contribution in [3.63, 3.8) is 0 Å². The van der Waals surface area contributed by atoms with Gasteiger partial charge in [0.2, 0.25) is 5.91 Å². The number of hydrogen-bond donors (Lipinski definition) is 2. The number of rotatable bonds is 8. The summed E-state index contributed by atoms with van der Waals surface area (Å²) in [7, 11) is 0. The number of amides is 1. The largest absolute Gasteiger partial charge is 0.494 e. The molecule has 0 atom stereocenters. The van der Waals surface area contributed by atoms with E-state index >= 15 is 0 Å². The molecule has 146 valence electrons. The second-order valence-corrected chi connectivity index (χ2v) is 7.03. The number of aromatic amines is 1. The average molecular weight is 378 g/mol. The van der Waals surface area contributed by atoms with Crippen molar-refractivity contribution in [2.24, 2.45) is 0 Å². The zero-order chi connectivity index (χ0) is 19.9. The van der Waals surface area contributed by atoms with Crippen molar-refractivity contribution in [3.8, 4) is 5.75 Å². The molecular formula is C23H26N2O3. The van der Waals surface area contributed by atoms with Gasteiger partial charge in [-0.15, -0.1) is 0 Å². The van der Waals surface area contributed by atoms with Crippen LogP contribution in [0.4, 0.5) is 0 Å². The fourth-order valence-electron chi connectivity index (χ4n) is 3.28. The molecule has 0 unspecified atom stereocenters. The number of para-hydroxylation sites is 1. The molecule has 0 saturated heterocycles. The number of ether oxygens (including phenoxy) is 1. The van der Waals surface area contributed by atoms with E-state index in [1.807, 2.05) is 50.2 Å². The molecule has 2 N–H and O–H groups in total. The van der Waals surface area contributed by atoms with Crippen LogP contribution in [0, 0.1) is 13.8 Å². The van der Waals surface area contributed by atoms with Crippen LogP contribution in [-0.4, -0.2) is 24.0 Å². The number of aromatic nitrogens is 1. The van der Waals surface area contributed by atoms with Crippen molar-refractivity contribution in [1.29, 1.82) is 0 Å². The van der Waals surface area contributed by atoms with E-state index in [0.717, 1.165) is 27.8 Å². The minimum Gasteiger partial charge on any atom is -0.494 e. The van der Waals surface area contributed by atoms with Gasteiger partial charge in [-0.2, -0.15) is 0 Å². The molecule has 0 spiro atoms. The maximum Gasteiger partial charge on any atom is 0.251 e. The van der Waals surface area contributed by atoms with Gasteiger partial charge in [0.15, 0.2) is 0 Å². The highest BCUT2D eigenvalue weighted by molar-refractivity contribution is 5.83. The molecule has 5 nitrogen and oxygen atoms in total. The van der Waals surface area contributed by atoms with Crippen molar-refractivity contribution < 1.29 is 9.53 Å². The monoisotopic (exact) mass is 378 g/mol. The lowest BCUT2D eigenvalue weighted by Gasteiger charge is -2.09. The zero-order valence-corrected chi connectivity index (χ0v) is 16.4. The SMILES string of the molecule is Cc1cc(C)c2[nH]c(=O)c(CCNC(=O)CCCOc3ccccc3)cc2c1. The smallest absolute Gasteiger partial charge is 0.251 e. The van der Waals surface area contributed by atoms with Gasteiger partial charge in [0.05, 0.1) is 12.1 Å². The highest BCUT2D eigenvalue weighted by atomic mass is 16.5. The van der Waals surface area contributed by atoms with Gasteiger partial charge in [0.25, 0.3) is 5.56 Å². The summed E-state index contributed by atoms with van der Waals surface area (Å²) in [5, 5.41) is 3.91. The van der Waals surface area contributed by atoms with E-state index in [2.05, 4.69) is 22.4 Å². The van der Waals surface area contributed by atoms with Crippen LogP contribution >= 0.6 is 0 Å². The lowest BCUT2D eigenvalue weighted by atomic mass is 10.0. The number of carbonyl (C=O) groups is 1. The summed E-state index contributed by atoms with van der Waals surface area (Å²) in [6.07, 6.45) is 1.56. The van der Waals surface area contributed by atoms with E-state index in [1.165, 1.54) is 0 Å². The van der Waals surface area contributed by atoms with Crippen LogP contribution in [-0.2, 0) is 11.2 Å². The van der Waals surface area contributed by atoms with Crippen LogP contribution in [0.1, 0.15) is 29.5 Å². The standard InChI is InChI=1S/C23H26N2O3/c1-16-13-17(2)22-19(14-16)15-18(23(27)25-22)10-11-24-21(26)9-6-12-28-20-7-4-3-5-8-20/h3-5,7-8,13-15H,6,9-12H2,1-2H3,(H,24,26)(H,25,27). The highest BCUT2D eigenvalue weighted by Crippen LogP contribution is 2.18. The average Bonchev–Trinajstić information content (AvgIpc) is 2.67. The zero-order valence-electron chi connectivity index (χ0n) is 16.4. The van der Waals surface area contributed by atoms with Crippen LogP contribution in [0.3, 0.4) is 0 Å². The molecule has 0 bridgehead atoms. The summed E-state index contributed by atoms with van der Waals surface area (Å²) in [6, 6.07) is 15.6. The van der Waals surface area contributed by atoms with Crippen molar-refractivity contribution in [2.75, 3.05) is 13.2 Å². The summed E-state index contributed by atoms with van der Waals surface area (Å²) < 4.78 is 5.58. The van der Waals surface area contributed by atoms with Gasteiger partial charge in [0, 0.05) is 18.5 Å². The van der Waals surface area contributed by atoms with Gasteiger partial charge < -0.3 is 15.0 Å². The predicted molar refractivity (Wildman–Crippen MR) is 112 cm³/mol. The van der Waals surface area contributed by atoms with Gasteiger partial charge in [-0.25, -0.2) is 0 Å². The molecule has 0 radical (unpaired) electrons. The molecule has 2 aromatic carbocycles. The highest BCUT2D eigenvalue weighted by Gasteiger charge is 2.07. The lowest BCUT2D eigenvalue weighted by molar-refractivity contribution is -0.121. The van der Waals surface area contributed by atoms with Crippen LogP contribution in [0.25, 0.3) is 10.9 Å². The summed E-state index contributed by atoms with van der Waals surface area (Å²) in [6.45, 7) is 4.98. The Balaban J connectivity index is 1.46. The van der Waals surface area contributed by atoms with Crippen molar-refractivity contribution in [2.45, 2.75) is 33.1 Å². The minimum absolute atomic E-state index is 0.0273. The van der Waals surface area contributed by atoms with Crippen molar-refractivity contribution in [3.05, 3.63) is 75.6 Å². The molecule has 0 fully saturated rings. The van der Waals surface area contributed by atoms with Crippen LogP contribution in [0.5, 0.6) is 5.75 Å². The Morgan fingerprint density at radius 1 is 1.11 bits per heavy atom. The van der Waals surface area contributed by atoms with E-state index in [9.17, 15) is 9.59 Å². The summed E-state index contributed by atoms with van der Waals surface area (Å²) in [4.78, 5) is 27.3. The first-order valence-corrected chi connectivity index (χ1v) is 9.60. The fourth-order valence-corrected chi connectivity index (χ4v) is 3.28. The molecule has 1 heterocycles. The first-order valence-electron chi connectivity index (χ1n) is 9.60. The number of nitrogens with one attached hydrogen (secondary N) is 2. The van der Waals surface area contributed by atoms with Gasteiger partial charge in [-0.3, -0.25) is 9.59 Å². The molecule has 1 aromatic heterocycles. The van der Waals surface area contributed by atoms with Gasteiger partial charge in [-0.05, 0) is 61.9 Å². The molecule has 3 rings (SSSR count). The number of fused-ring (bicyclic) bond motifs is 1. The molecule has 0 saturated carbocycles. The number of aryl methyl sites for hydroxylation is 2. The van der Waals surface area contributed by atoms with Crippen LogP contribution in [0.2, 0.25) is 0 Å². The maximum atomic E-state index is 12.3.